The van der Waals surface area contributed by atoms with Crippen molar-refractivity contribution in [2.75, 3.05) is 32.7 Å². The van der Waals surface area contributed by atoms with Crippen molar-refractivity contribution in [3.05, 3.63) is 63.3 Å². The third kappa shape index (κ3) is 8.76. The Balaban J connectivity index is 1.36. The van der Waals surface area contributed by atoms with Crippen LogP contribution in [-0.2, 0) is 17.6 Å². The largest absolute Gasteiger partial charge is 0.506 e. The van der Waals surface area contributed by atoms with E-state index in [9.17, 15) is 14.7 Å². The first-order valence-electron chi connectivity index (χ1n) is 13.1. The summed E-state index contributed by atoms with van der Waals surface area (Å²) in [6.45, 7) is 8.21. The molecule has 2 aromatic carbocycles. The smallest absolute Gasteiger partial charge is 0.305 e. The van der Waals surface area contributed by atoms with E-state index in [1.807, 2.05) is 12.1 Å². The average Bonchev–Trinajstić information content (AvgIpc) is 3.29. The molecule has 8 heteroatoms. The van der Waals surface area contributed by atoms with Gasteiger partial charge in [0.25, 0.3) is 0 Å². The minimum Gasteiger partial charge on any atom is -0.506 e. The van der Waals surface area contributed by atoms with Gasteiger partial charge in [-0.05, 0) is 49.9 Å². The van der Waals surface area contributed by atoms with Crippen LogP contribution in [0, 0.1) is 0 Å². The molecule has 0 saturated heterocycles. The fraction of sp³-hybridized carbons (Fsp3) is 0.500. The van der Waals surface area contributed by atoms with Crippen LogP contribution in [0.4, 0.5) is 0 Å². The molecule has 1 atom stereocenters. The second kappa shape index (κ2) is 14.8. The standard InChI is InChI=1S/C28H40N4O3S/c1-3-4-8-21(2)32(19-14-22-9-6-5-7-10-22)20-15-25(34)30-18-17-29-16-13-23-11-12-24(33)26-27(23)36-28(35)31-26/h5-7,9-12,21,29,33H,3-4,8,13-20H2,1-2H3,(H,30,34)(H,31,35)/t21-/m0/s1. The number of hydrogen-bond donors (Lipinski definition) is 4. The van der Waals surface area contributed by atoms with Gasteiger partial charge in [0.05, 0.1) is 4.70 Å². The molecule has 3 rings (SSSR count). The van der Waals surface area contributed by atoms with E-state index in [2.05, 4.69) is 58.6 Å². The maximum absolute atomic E-state index is 12.5. The van der Waals surface area contributed by atoms with Gasteiger partial charge in [0.15, 0.2) is 0 Å². The summed E-state index contributed by atoms with van der Waals surface area (Å²) in [6.07, 6.45) is 5.79. The lowest BCUT2D eigenvalue weighted by Gasteiger charge is -2.29. The SMILES string of the molecule is CCCC[C@H](C)N(CCC(=O)NCCNCCc1ccc(O)c2[nH]c(=O)sc12)CCc1ccccc1. The summed E-state index contributed by atoms with van der Waals surface area (Å²) < 4.78 is 0.806. The fourth-order valence-electron chi connectivity index (χ4n) is 4.39. The lowest BCUT2D eigenvalue weighted by atomic mass is 10.1. The van der Waals surface area contributed by atoms with E-state index in [1.54, 1.807) is 6.07 Å². The van der Waals surface area contributed by atoms with E-state index in [-0.39, 0.29) is 16.5 Å². The highest BCUT2D eigenvalue weighted by atomic mass is 32.1. The van der Waals surface area contributed by atoms with Crippen LogP contribution in [0.1, 0.15) is 50.7 Å². The van der Waals surface area contributed by atoms with Gasteiger partial charge < -0.3 is 20.7 Å². The molecule has 0 aliphatic heterocycles. The summed E-state index contributed by atoms with van der Waals surface area (Å²) in [7, 11) is 0. The molecule has 0 radical (unpaired) electrons. The summed E-state index contributed by atoms with van der Waals surface area (Å²) in [5.74, 6) is 0.183. The second-order valence-electron chi connectivity index (χ2n) is 9.33. The molecule has 0 unspecified atom stereocenters. The Morgan fingerprint density at radius 3 is 2.67 bits per heavy atom. The van der Waals surface area contributed by atoms with Crippen molar-refractivity contribution in [1.82, 2.24) is 20.5 Å². The van der Waals surface area contributed by atoms with Gasteiger partial charge in [0.2, 0.25) is 5.91 Å². The Labute approximate surface area is 217 Å². The first kappa shape index (κ1) is 27.9. The molecule has 4 N–H and O–H groups in total. The quantitative estimate of drug-likeness (QED) is 0.217. The van der Waals surface area contributed by atoms with Gasteiger partial charge in [-0.3, -0.25) is 14.5 Å². The molecule has 1 amide bonds. The van der Waals surface area contributed by atoms with Crippen molar-refractivity contribution in [3.8, 4) is 5.75 Å². The van der Waals surface area contributed by atoms with E-state index in [4.69, 9.17) is 0 Å². The average molecular weight is 513 g/mol. The Morgan fingerprint density at radius 1 is 1.08 bits per heavy atom. The minimum absolute atomic E-state index is 0.0848. The van der Waals surface area contributed by atoms with Crippen LogP contribution in [0.3, 0.4) is 0 Å². The normalized spacial score (nSPS) is 12.3. The Kier molecular flexibility index (Phi) is 11.5. The first-order chi connectivity index (χ1) is 17.5. The lowest BCUT2D eigenvalue weighted by molar-refractivity contribution is -0.121. The Bertz CT molecular complexity index is 1130. The number of amides is 1. The van der Waals surface area contributed by atoms with Gasteiger partial charge in [0, 0.05) is 38.6 Å². The molecule has 1 aromatic heterocycles. The minimum atomic E-state index is -0.165. The van der Waals surface area contributed by atoms with Crippen molar-refractivity contribution in [1.29, 1.82) is 0 Å². The predicted octanol–water partition coefficient (Wildman–Crippen LogP) is 4.06. The van der Waals surface area contributed by atoms with Crippen molar-refractivity contribution in [2.24, 2.45) is 0 Å². The lowest BCUT2D eigenvalue weighted by Crippen LogP contribution is -2.39. The number of unbranched alkanes of at least 4 members (excludes halogenated alkanes) is 1. The molecule has 36 heavy (non-hydrogen) atoms. The highest BCUT2D eigenvalue weighted by Gasteiger charge is 2.15. The van der Waals surface area contributed by atoms with Crippen LogP contribution in [-0.4, -0.2) is 59.7 Å². The highest BCUT2D eigenvalue weighted by Crippen LogP contribution is 2.27. The van der Waals surface area contributed by atoms with Crippen molar-refractivity contribution in [2.45, 2.75) is 58.4 Å². The number of carbonyl (C=O) groups excluding carboxylic acids is 1. The number of nitrogens with one attached hydrogen (secondary N) is 3. The molecule has 0 saturated carbocycles. The molecule has 3 aromatic rings. The summed E-state index contributed by atoms with van der Waals surface area (Å²) in [4.78, 5) is 29.1. The topological polar surface area (TPSA) is 97.5 Å². The zero-order valence-electron chi connectivity index (χ0n) is 21.5. The number of hydrogen-bond acceptors (Lipinski definition) is 6. The van der Waals surface area contributed by atoms with Gasteiger partial charge in [-0.2, -0.15) is 0 Å². The number of phenols is 1. The van der Waals surface area contributed by atoms with Crippen LogP contribution < -0.4 is 15.5 Å². The molecule has 0 fully saturated rings. The van der Waals surface area contributed by atoms with Gasteiger partial charge in [-0.15, -0.1) is 0 Å². The molecular weight excluding hydrogens is 472 g/mol. The molecule has 0 aliphatic carbocycles. The molecular formula is C28H40N4O3S. The Hall–Kier alpha value is -2.68. The van der Waals surface area contributed by atoms with E-state index in [0.29, 0.717) is 31.1 Å². The highest BCUT2D eigenvalue weighted by molar-refractivity contribution is 7.16. The number of carbonyl (C=O) groups is 1. The van der Waals surface area contributed by atoms with E-state index in [1.165, 1.54) is 18.4 Å². The van der Waals surface area contributed by atoms with Crippen LogP contribution in [0.15, 0.2) is 47.3 Å². The monoisotopic (exact) mass is 512 g/mol. The summed E-state index contributed by atoms with van der Waals surface area (Å²) in [5.41, 5.74) is 2.87. The fourth-order valence-corrected chi connectivity index (χ4v) is 5.29. The number of aromatic amines is 1. The van der Waals surface area contributed by atoms with Crippen molar-refractivity contribution < 1.29 is 9.90 Å². The predicted molar refractivity (Wildman–Crippen MR) is 149 cm³/mol. The molecule has 0 aliphatic rings. The number of aromatic hydroxyl groups is 1. The maximum atomic E-state index is 12.5. The van der Waals surface area contributed by atoms with Gasteiger partial charge >= 0.3 is 4.87 Å². The third-order valence-electron chi connectivity index (χ3n) is 6.59. The summed E-state index contributed by atoms with van der Waals surface area (Å²) >= 11 is 1.12. The molecule has 7 nitrogen and oxygen atoms in total. The van der Waals surface area contributed by atoms with Crippen molar-refractivity contribution in [3.63, 3.8) is 0 Å². The third-order valence-corrected chi connectivity index (χ3v) is 7.55. The van der Waals surface area contributed by atoms with Crippen LogP contribution >= 0.6 is 11.3 Å². The second-order valence-corrected chi connectivity index (χ2v) is 10.3. The van der Waals surface area contributed by atoms with Crippen LogP contribution in [0.2, 0.25) is 0 Å². The first-order valence-corrected chi connectivity index (χ1v) is 13.9. The molecule has 0 bridgehead atoms. The van der Waals surface area contributed by atoms with Gasteiger partial charge in [-0.1, -0.05) is 67.5 Å². The van der Waals surface area contributed by atoms with Crippen LogP contribution in [0.5, 0.6) is 5.75 Å². The number of nitrogens with zero attached hydrogens (tertiary/aromatic N) is 1. The number of rotatable bonds is 16. The molecule has 196 valence electrons. The molecule has 0 spiro atoms. The van der Waals surface area contributed by atoms with Gasteiger partial charge in [0.1, 0.15) is 11.3 Å². The molecule has 1 heterocycles. The summed E-state index contributed by atoms with van der Waals surface area (Å²) in [5, 5.41) is 16.3. The van der Waals surface area contributed by atoms with Crippen molar-refractivity contribution >= 4 is 27.5 Å². The van der Waals surface area contributed by atoms with E-state index < -0.39 is 0 Å². The number of thiazole rings is 1. The number of H-pyrrole nitrogens is 1. The van der Waals surface area contributed by atoms with E-state index >= 15 is 0 Å². The zero-order valence-corrected chi connectivity index (χ0v) is 22.3. The number of fused-ring (bicyclic) bond motifs is 1. The summed E-state index contributed by atoms with van der Waals surface area (Å²) in [6, 6.07) is 14.5. The van der Waals surface area contributed by atoms with E-state index in [0.717, 1.165) is 60.5 Å². The maximum Gasteiger partial charge on any atom is 0.305 e. The zero-order chi connectivity index (χ0) is 25.8. The number of aromatic nitrogens is 1. The van der Waals surface area contributed by atoms with Gasteiger partial charge in [-0.25, -0.2) is 0 Å². The van der Waals surface area contributed by atoms with Crippen LogP contribution in [0.25, 0.3) is 10.2 Å². The number of phenolic OH excluding ortho intramolecular Hbond substituents is 1. The Morgan fingerprint density at radius 2 is 1.89 bits per heavy atom. The number of benzene rings is 2.